The fraction of sp³-hybridized carbons (Fsp3) is 0.500. The van der Waals surface area contributed by atoms with Crippen LogP contribution in [0.1, 0.15) is 37.7 Å². The molecule has 118 valence electrons. The van der Waals surface area contributed by atoms with Crippen LogP contribution in [0.25, 0.3) is 0 Å². The van der Waals surface area contributed by atoms with Crippen molar-refractivity contribution in [2.24, 2.45) is 0 Å². The van der Waals surface area contributed by atoms with Crippen molar-refractivity contribution in [2.45, 2.75) is 43.9 Å². The molecule has 0 heterocycles. The Morgan fingerprint density at radius 1 is 1.24 bits per heavy atom. The number of halogens is 1. The molecule has 0 atom stereocenters. The van der Waals surface area contributed by atoms with Gasteiger partial charge in [-0.1, -0.05) is 24.4 Å². The van der Waals surface area contributed by atoms with E-state index < -0.39 is 16.0 Å². The van der Waals surface area contributed by atoms with Gasteiger partial charge in [0.1, 0.15) is 0 Å². The number of aliphatic carboxylic acids is 1. The highest BCUT2D eigenvalue weighted by atomic mass is 35.5. The molecule has 21 heavy (non-hydrogen) atoms. The molecule has 0 unspecified atom stereocenters. The minimum Gasteiger partial charge on any atom is -0.481 e. The molecule has 0 aliphatic carbocycles. The highest BCUT2D eigenvalue weighted by Crippen LogP contribution is 2.19. The average Bonchev–Trinajstić information content (AvgIpc) is 2.36. The maximum atomic E-state index is 12.1. The van der Waals surface area contributed by atoms with E-state index in [0.29, 0.717) is 30.0 Å². The van der Waals surface area contributed by atoms with Crippen LogP contribution in [-0.4, -0.2) is 26.0 Å². The molecule has 0 saturated heterocycles. The van der Waals surface area contributed by atoms with Crippen molar-refractivity contribution in [1.82, 2.24) is 4.72 Å². The first-order chi connectivity index (χ1) is 9.83. The highest BCUT2D eigenvalue weighted by molar-refractivity contribution is 7.89. The number of carboxylic acid groups (broad SMARTS) is 1. The van der Waals surface area contributed by atoms with Crippen LogP contribution in [0.3, 0.4) is 0 Å². The number of sulfonamides is 1. The molecule has 2 N–H and O–H groups in total. The van der Waals surface area contributed by atoms with Crippen LogP contribution >= 0.6 is 11.6 Å². The smallest absolute Gasteiger partial charge is 0.303 e. The Bertz CT molecular complexity index is 587. The first kappa shape index (κ1) is 17.9. The predicted octanol–water partition coefficient (Wildman–Crippen LogP) is 2.96. The van der Waals surface area contributed by atoms with Gasteiger partial charge in [-0.05, 0) is 43.5 Å². The molecule has 1 rings (SSSR count). The van der Waals surface area contributed by atoms with E-state index in [4.69, 9.17) is 16.7 Å². The highest BCUT2D eigenvalue weighted by Gasteiger charge is 2.15. The molecular weight excluding hydrogens is 314 g/mol. The van der Waals surface area contributed by atoms with Crippen LogP contribution in [-0.2, 0) is 14.8 Å². The zero-order chi connectivity index (χ0) is 15.9. The van der Waals surface area contributed by atoms with E-state index >= 15 is 0 Å². The lowest BCUT2D eigenvalue weighted by Gasteiger charge is -2.09. The summed E-state index contributed by atoms with van der Waals surface area (Å²) in [5.41, 5.74) is 0.608. The summed E-state index contributed by atoms with van der Waals surface area (Å²) in [5.74, 6) is -0.797. The maximum absolute atomic E-state index is 12.1. The lowest BCUT2D eigenvalue weighted by molar-refractivity contribution is -0.137. The molecule has 0 aromatic heterocycles. The number of carbonyl (C=O) groups is 1. The third-order valence-electron chi connectivity index (χ3n) is 3.04. The van der Waals surface area contributed by atoms with Crippen LogP contribution in [0.15, 0.2) is 23.1 Å². The van der Waals surface area contributed by atoms with Gasteiger partial charge in [0.05, 0.1) is 4.90 Å². The minimum absolute atomic E-state index is 0.162. The summed E-state index contributed by atoms with van der Waals surface area (Å²) in [6.45, 7) is 2.05. The van der Waals surface area contributed by atoms with E-state index in [1.165, 1.54) is 6.07 Å². The molecule has 1 aromatic carbocycles. The van der Waals surface area contributed by atoms with Gasteiger partial charge < -0.3 is 5.11 Å². The summed E-state index contributed by atoms with van der Waals surface area (Å²) >= 11 is 5.81. The van der Waals surface area contributed by atoms with E-state index in [2.05, 4.69) is 4.72 Å². The number of aryl methyl sites for hydroxylation is 1. The van der Waals surface area contributed by atoms with Gasteiger partial charge in [-0.3, -0.25) is 4.79 Å². The first-order valence-corrected chi connectivity index (χ1v) is 8.66. The van der Waals surface area contributed by atoms with Gasteiger partial charge in [-0.2, -0.15) is 0 Å². The lowest BCUT2D eigenvalue weighted by Crippen LogP contribution is -2.25. The molecule has 0 aliphatic rings. The molecule has 1 aromatic rings. The summed E-state index contributed by atoms with van der Waals surface area (Å²) in [7, 11) is -3.52. The standard InChI is InChI=1S/C14H20ClNO4S/c1-11-10-12(15)7-8-13(11)21(19,20)16-9-5-3-2-4-6-14(17)18/h7-8,10,16H,2-6,9H2,1H3,(H,17,18). The Morgan fingerprint density at radius 3 is 2.52 bits per heavy atom. The summed E-state index contributed by atoms with van der Waals surface area (Å²) in [5, 5.41) is 9.00. The molecule has 0 amide bonds. The quantitative estimate of drug-likeness (QED) is 0.680. The largest absolute Gasteiger partial charge is 0.481 e. The van der Waals surface area contributed by atoms with Gasteiger partial charge in [0.2, 0.25) is 10.0 Å². The Labute approximate surface area is 130 Å². The van der Waals surface area contributed by atoms with Gasteiger partial charge in [0.15, 0.2) is 0 Å². The lowest BCUT2D eigenvalue weighted by atomic mass is 10.1. The second-order valence-electron chi connectivity index (χ2n) is 4.87. The fourth-order valence-electron chi connectivity index (χ4n) is 1.95. The van der Waals surface area contributed by atoms with E-state index in [0.717, 1.165) is 12.8 Å². The van der Waals surface area contributed by atoms with Crippen molar-refractivity contribution in [1.29, 1.82) is 0 Å². The summed E-state index contributed by atoms with van der Waals surface area (Å²) in [6.07, 6.45) is 3.06. The third-order valence-corrected chi connectivity index (χ3v) is 4.89. The van der Waals surface area contributed by atoms with Crippen molar-refractivity contribution in [3.8, 4) is 0 Å². The molecule has 5 nitrogen and oxygen atoms in total. The van der Waals surface area contributed by atoms with E-state index in [1.54, 1.807) is 19.1 Å². The van der Waals surface area contributed by atoms with Gasteiger partial charge >= 0.3 is 5.97 Å². The van der Waals surface area contributed by atoms with Crippen molar-refractivity contribution in [2.75, 3.05) is 6.54 Å². The van der Waals surface area contributed by atoms with Gasteiger partial charge in [-0.25, -0.2) is 13.1 Å². The van der Waals surface area contributed by atoms with Gasteiger partial charge in [0, 0.05) is 18.0 Å². The zero-order valence-electron chi connectivity index (χ0n) is 11.9. The fourth-order valence-corrected chi connectivity index (χ4v) is 3.48. The van der Waals surface area contributed by atoms with Crippen LogP contribution in [0, 0.1) is 6.92 Å². The Hall–Kier alpha value is -1.11. The van der Waals surface area contributed by atoms with Crippen LogP contribution < -0.4 is 4.72 Å². The first-order valence-electron chi connectivity index (χ1n) is 6.80. The second-order valence-corrected chi connectivity index (χ2v) is 7.04. The second kappa shape index (κ2) is 8.36. The molecular formula is C14H20ClNO4S. The molecule has 7 heteroatoms. The average molecular weight is 334 g/mol. The molecule has 0 bridgehead atoms. The normalized spacial score (nSPS) is 11.5. The number of unbranched alkanes of at least 4 members (excludes halogenated alkanes) is 3. The molecule has 0 spiro atoms. The maximum Gasteiger partial charge on any atom is 0.303 e. The number of hydrogen-bond donors (Lipinski definition) is 2. The SMILES string of the molecule is Cc1cc(Cl)ccc1S(=O)(=O)NCCCCCCC(=O)O. The summed E-state index contributed by atoms with van der Waals surface area (Å²) in [6, 6.07) is 4.66. The van der Waals surface area contributed by atoms with Gasteiger partial charge in [-0.15, -0.1) is 0 Å². The van der Waals surface area contributed by atoms with Crippen LogP contribution in [0.2, 0.25) is 5.02 Å². The Morgan fingerprint density at radius 2 is 1.90 bits per heavy atom. The molecule has 0 radical (unpaired) electrons. The monoisotopic (exact) mass is 333 g/mol. The number of rotatable bonds is 9. The zero-order valence-corrected chi connectivity index (χ0v) is 13.5. The number of hydrogen-bond acceptors (Lipinski definition) is 3. The molecule has 0 saturated carbocycles. The number of benzene rings is 1. The van der Waals surface area contributed by atoms with E-state index in [9.17, 15) is 13.2 Å². The Kier molecular flexibility index (Phi) is 7.14. The summed E-state index contributed by atoms with van der Waals surface area (Å²) in [4.78, 5) is 10.6. The van der Waals surface area contributed by atoms with E-state index in [-0.39, 0.29) is 11.3 Å². The van der Waals surface area contributed by atoms with Gasteiger partial charge in [0.25, 0.3) is 0 Å². The van der Waals surface area contributed by atoms with Crippen molar-refractivity contribution in [3.05, 3.63) is 28.8 Å². The third kappa shape index (κ3) is 6.46. The van der Waals surface area contributed by atoms with E-state index in [1.807, 2.05) is 0 Å². The minimum atomic E-state index is -3.52. The summed E-state index contributed by atoms with van der Waals surface area (Å²) < 4.78 is 26.8. The van der Waals surface area contributed by atoms with Crippen molar-refractivity contribution < 1.29 is 18.3 Å². The van der Waals surface area contributed by atoms with Crippen molar-refractivity contribution in [3.63, 3.8) is 0 Å². The van der Waals surface area contributed by atoms with Crippen LogP contribution in [0.5, 0.6) is 0 Å². The van der Waals surface area contributed by atoms with Crippen LogP contribution in [0.4, 0.5) is 0 Å². The Balaban J connectivity index is 2.38. The number of nitrogens with one attached hydrogen (secondary N) is 1. The molecule has 0 aliphatic heterocycles. The van der Waals surface area contributed by atoms with Crippen molar-refractivity contribution >= 4 is 27.6 Å². The number of carboxylic acids is 1. The molecule has 0 fully saturated rings. The predicted molar refractivity (Wildman–Crippen MR) is 82.1 cm³/mol. The topological polar surface area (TPSA) is 83.5 Å².